The molecule has 2 rings (SSSR count). The summed E-state index contributed by atoms with van der Waals surface area (Å²) in [5.74, 6) is 0.660. The van der Waals surface area contributed by atoms with Crippen LogP contribution in [-0.4, -0.2) is 17.7 Å². The maximum atomic E-state index is 12.0. The number of amides is 1. The van der Waals surface area contributed by atoms with Gasteiger partial charge in [-0.25, -0.2) is 0 Å². The van der Waals surface area contributed by atoms with Crippen LogP contribution in [0, 0.1) is 0 Å². The molecule has 0 unspecified atom stereocenters. The monoisotopic (exact) mass is 277 g/mol. The Balaban J connectivity index is 1.94. The zero-order valence-corrected chi connectivity index (χ0v) is 11.6. The van der Waals surface area contributed by atoms with Crippen molar-refractivity contribution in [2.75, 3.05) is 0 Å². The van der Waals surface area contributed by atoms with Crippen molar-refractivity contribution in [1.29, 1.82) is 0 Å². The van der Waals surface area contributed by atoms with E-state index in [-0.39, 0.29) is 17.7 Å². The molecule has 0 spiro atoms. The lowest BCUT2D eigenvalue weighted by molar-refractivity contribution is 0.0942. The predicted molar refractivity (Wildman–Crippen MR) is 73.7 cm³/mol. The summed E-state index contributed by atoms with van der Waals surface area (Å²) in [7, 11) is 0. The normalized spacial score (nSPS) is 12.1. The molecule has 1 amide bonds. The second-order valence-electron chi connectivity index (χ2n) is 4.38. The maximum absolute atomic E-state index is 12.0. The van der Waals surface area contributed by atoms with Gasteiger partial charge in [0.15, 0.2) is 5.78 Å². The smallest absolute Gasteiger partial charge is 0.261 e. The number of hydrogen-bond donors (Lipinski definition) is 1. The summed E-state index contributed by atoms with van der Waals surface area (Å²) in [6.45, 7) is 3.41. The number of carbonyl (C=O) groups excluding carboxylic acids is 2. The van der Waals surface area contributed by atoms with Crippen molar-refractivity contribution in [3.63, 3.8) is 0 Å². The van der Waals surface area contributed by atoms with E-state index in [4.69, 9.17) is 4.42 Å². The van der Waals surface area contributed by atoms with E-state index in [1.165, 1.54) is 18.3 Å². The van der Waals surface area contributed by atoms with Crippen LogP contribution in [0.25, 0.3) is 0 Å². The number of hydrogen-bond acceptors (Lipinski definition) is 4. The number of thiophene rings is 1. The Morgan fingerprint density at radius 2 is 2.05 bits per heavy atom. The molecule has 0 bridgehead atoms. The Labute approximate surface area is 115 Å². The SMILES string of the molecule is CC(=O)c1ccc(C(=O)N[C@@H](C)Cc2ccco2)s1. The third-order valence-electron chi connectivity index (χ3n) is 2.64. The van der Waals surface area contributed by atoms with Crippen molar-refractivity contribution < 1.29 is 14.0 Å². The van der Waals surface area contributed by atoms with Gasteiger partial charge in [0.25, 0.3) is 5.91 Å². The molecular weight excluding hydrogens is 262 g/mol. The molecule has 1 atom stereocenters. The maximum Gasteiger partial charge on any atom is 0.261 e. The zero-order valence-electron chi connectivity index (χ0n) is 10.8. The second kappa shape index (κ2) is 5.84. The summed E-state index contributed by atoms with van der Waals surface area (Å²) < 4.78 is 5.23. The minimum absolute atomic E-state index is 0.0207. The van der Waals surface area contributed by atoms with E-state index in [9.17, 15) is 9.59 Å². The predicted octanol–water partition coefficient (Wildman–Crippen LogP) is 2.90. The lowest BCUT2D eigenvalue weighted by Gasteiger charge is -2.11. The van der Waals surface area contributed by atoms with Gasteiger partial charge < -0.3 is 9.73 Å². The number of ketones is 1. The third kappa shape index (κ3) is 3.54. The topological polar surface area (TPSA) is 59.3 Å². The number of furan rings is 1. The lowest BCUT2D eigenvalue weighted by Crippen LogP contribution is -2.33. The molecule has 0 saturated heterocycles. The van der Waals surface area contributed by atoms with Crippen molar-refractivity contribution in [3.8, 4) is 0 Å². The molecule has 100 valence electrons. The summed E-state index contributed by atoms with van der Waals surface area (Å²) in [4.78, 5) is 24.3. The summed E-state index contributed by atoms with van der Waals surface area (Å²) in [6.07, 6.45) is 2.26. The Hall–Kier alpha value is -1.88. The van der Waals surface area contributed by atoms with Gasteiger partial charge in [-0.05, 0) is 38.1 Å². The van der Waals surface area contributed by atoms with Crippen LogP contribution in [-0.2, 0) is 6.42 Å². The van der Waals surface area contributed by atoms with E-state index >= 15 is 0 Å². The molecule has 0 aliphatic heterocycles. The highest BCUT2D eigenvalue weighted by Gasteiger charge is 2.14. The number of rotatable bonds is 5. The van der Waals surface area contributed by atoms with Crippen LogP contribution in [0.15, 0.2) is 34.9 Å². The first-order chi connectivity index (χ1) is 9.06. The van der Waals surface area contributed by atoms with Gasteiger partial charge in [-0.1, -0.05) is 0 Å². The molecule has 2 heterocycles. The molecule has 0 aromatic carbocycles. The Bertz CT molecular complexity index is 571. The van der Waals surface area contributed by atoms with Crippen molar-refractivity contribution >= 4 is 23.0 Å². The largest absolute Gasteiger partial charge is 0.469 e. The van der Waals surface area contributed by atoms with Gasteiger partial charge in [-0.2, -0.15) is 0 Å². The standard InChI is InChI=1S/C14H15NO3S/c1-9(8-11-4-3-7-18-11)15-14(17)13-6-5-12(19-13)10(2)16/h3-7,9H,8H2,1-2H3,(H,15,17)/t9-/m0/s1. The van der Waals surface area contributed by atoms with Gasteiger partial charge >= 0.3 is 0 Å². The van der Waals surface area contributed by atoms with Gasteiger partial charge in [0.05, 0.1) is 16.0 Å². The molecule has 0 aliphatic carbocycles. The van der Waals surface area contributed by atoms with Crippen LogP contribution in [0.4, 0.5) is 0 Å². The third-order valence-corrected chi connectivity index (χ3v) is 3.83. The molecule has 5 heteroatoms. The number of nitrogens with one attached hydrogen (secondary N) is 1. The minimum atomic E-state index is -0.156. The van der Waals surface area contributed by atoms with Crippen molar-refractivity contribution in [3.05, 3.63) is 46.0 Å². The first-order valence-electron chi connectivity index (χ1n) is 6.00. The quantitative estimate of drug-likeness (QED) is 0.855. The molecule has 19 heavy (non-hydrogen) atoms. The summed E-state index contributed by atoms with van der Waals surface area (Å²) in [6, 6.07) is 7.03. The fourth-order valence-electron chi connectivity index (χ4n) is 1.73. The highest BCUT2D eigenvalue weighted by atomic mass is 32.1. The van der Waals surface area contributed by atoms with Crippen molar-refractivity contribution in [2.45, 2.75) is 26.3 Å². The van der Waals surface area contributed by atoms with E-state index in [0.717, 1.165) is 5.76 Å². The zero-order chi connectivity index (χ0) is 13.8. The van der Waals surface area contributed by atoms with Gasteiger partial charge in [-0.3, -0.25) is 9.59 Å². The number of Topliss-reactive ketones (excluding diaryl/α,β-unsaturated/α-hetero) is 1. The average molecular weight is 277 g/mol. The van der Waals surface area contributed by atoms with Crippen LogP contribution in [0.1, 0.15) is 39.0 Å². The van der Waals surface area contributed by atoms with Gasteiger partial charge in [0.1, 0.15) is 5.76 Å². The molecule has 4 nitrogen and oxygen atoms in total. The van der Waals surface area contributed by atoms with Crippen molar-refractivity contribution in [1.82, 2.24) is 5.32 Å². The molecule has 0 fully saturated rings. The van der Waals surface area contributed by atoms with E-state index in [1.54, 1.807) is 18.4 Å². The van der Waals surface area contributed by atoms with Gasteiger partial charge in [0.2, 0.25) is 0 Å². The summed E-state index contributed by atoms with van der Waals surface area (Å²) in [5.41, 5.74) is 0. The van der Waals surface area contributed by atoms with Crippen molar-refractivity contribution in [2.24, 2.45) is 0 Å². The highest BCUT2D eigenvalue weighted by Crippen LogP contribution is 2.17. The van der Waals surface area contributed by atoms with Crippen LogP contribution < -0.4 is 5.32 Å². The van der Waals surface area contributed by atoms with E-state index in [1.807, 2.05) is 19.1 Å². The van der Waals surface area contributed by atoms with Crippen LogP contribution in [0.3, 0.4) is 0 Å². The fraction of sp³-hybridized carbons (Fsp3) is 0.286. The van der Waals surface area contributed by atoms with E-state index in [0.29, 0.717) is 16.2 Å². The molecule has 1 N–H and O–H groups in total. The molecule has 0 saturated carbocycles. The molecule has 2 aromatic rings. The van der Waals surface area contributed by atoms with Crippen LogP contribution >= 0.6 is 11.3 Å². The Morgan fingerprint density at radius 3 is 2.63 bits per heavy atom. The van der Waals surface area contributed by atoms with Crippen LogP contribution in [0.5, 0.6) is 0 Å². The Morgan fingerprint density at radius 1 is 1.32 bits per heavy atom. The summed E-state index contributed by atoms with van der Waals surface area (Å²) >= 11 is 1.21. The first kappa shape index (κ1) is 13.5. The fourth-order valence-corrected chi connectivity index (χ4v) is 2.53. The summed E-state index contributed by atoms with van der Waals surface area (Å²) in [5, 5.41) is 2.89. The molecule has 0 radical (unpaired) electrons. The minimum Gasteiger partial charge on any atom is -0.469 e. The molecular formula is C14H15NO3S. The first-order valence-corrected chi connectivity index (χ1v) is 6.82. The van der Waals surface area contributed by atoms with Gasteiger partial charge in [-0.15, -0.1) is 11.3 Å². The highest BCUT2D eigenvalue weighted by molar-refractivity contribution is 7.15. The molecule has 2 aromatic heterocycles. The average Bonchev–Trinajstić information content (AvgIpc) is 2.98. The molecule has 0 aliphatic rings. The van der Waals surface area contributed by atoms with E-state index in [2.05, 4.69) is 5.32 Å². The van der Waals surface area contributed by atoms with Crippen LogP contribution in [0.2, 0.25) is 0 Å². The van der Waals surface area contributed by atoms with Gasteiger partial charge in [0, 0.05) is 12.5 Å². The Kier molecular flexibility index (Phi) is 4.16. The second-order valence-corrected chi connectivity index (χ2v) is 5.46. The van der Waals surface area contributed by atoms with E-state index < -0.39 is 0 Å². The lowest BCUT2D eigenvalue weighted by atomic mass is 10.2. The number of carbonyl (C=O) groups is 2.